The molecule has 1 unspecified atom stereocenters. The molecule has 1 atom stereocenters. The number of hydrogen-bond acceptors (Lipinski definition) is 6. The van der Waals surface area contributed by atoms with Crippen LogP contribution in [0.1, 0.15) is 36.4 Å². The van der Waals surface area contributed by atoms with E-state index in [0.717, 1.165) is 46.5 Å². The van der Waals surface area contributed by atoms with Crippen molar-refractivity contribution in [1.82, 2.24) is 19.9 Å². The van der Waals surface area contributed by atoms with Crippen molar-refractivity contribution in [1.29, 1.82) is 0 Å². The van der Waals surface area contributed by atoms with E-state index < -0.39 is 5.54 Å². The highest BCUT2D eigenvalue weighted by Crippen LogP contribution is 2.41. The number of hydrogen-bond donors (Lipinski definition) is 1. The number of nitrogens with two attached hydrogens (primary N) is 1. The van der Waals surface area contributed by atoms with Crippen molar-refractivity contribution in [2.24, 2.45) is 10.7 Å². The number of benzene rings is 1. The molecule has 2 N–H and O–H groups in total. The quantitative estimate of drug-likeness (QED) is 0.710. The second-order valence-corrected chi connectivity index (χ2v) is 7.30. The van der Waals surface area contributed by atoms with Gasteiger partial charge in [0.15, 0.2) is 11.5 Å². The fourth-order valence-electron chi connectivity index (χ4n) is 3.78. The van der Waals surface area contributed by atoms with Crippen LogP contribution in [-0.4, -0.2) is 38.8 Å². The lowest BCUT2D eigenvalue weighted by Crippen LogP contribution is -2.41. The first-order valence-electron chi connectivity index (χ1n) is 9.99. The van der Waals surface area contributed by atoms with Gasteiger partial charge in [0.2, 0.25) is 0 Å². The first-order chi connectivity index (χ1) is 14.5. The molecule has 3 heterocycles. The van der Waals surface area contributed by atoms with Gasteiger partial charge in [0.25, 0.3) is 5.91 Å². The van der Waals surface area contributed by atoms with Crippen molar-refractivity contribution in [3.63, 3.8) is 0 Å². The van der Waals surface area contributed by atoms with Crippen molar-refractivity contribution < 1.29 is 4.79 Å². The summed E-state index contributed by atoms with van der Waals surface area (Å²) in [4.78, 5) is 32.6. The molecule has 1 aliphatic rings. The monoisotopic (exact) mass is 400 g/mol. The normalized spacial score (nSPS) is 18.6. The molecule has 7 nitrogen and oxygen atoms in total. The summed E-state index contributed by atoms with van der Waals surface area (Å²) in [6.45, 7) is 4.10. The Balaban J connectivity index is 1.97. The largest absolute Gasteiger partial charge is 0.369 e. The van der Waals surface area contributed by atoms with Crippen LogP contribution in [-0.2, 0) is 23.2 Å². The number of aliphatic imine (C=N–C) groups is 1. The van der Waals surface area contributed by atoms with Crippen LogP contribution in [0.3, 0.4) is 0 Å². The average Bonchev–Trinajstić information content (AvgIpc) is 3.04. The molecule has 1 aliphatic heterocycles. The molecule has 0 fully saturated rings. The van der Waals surface area contributed by atoms with E-state index in [0.29, 0.717) is 0 Å². The fraction of sp³-hybridized carbons (Fsp3) is 0.261. The minimum Gasteiger partial charge on any atom is -0.369 e. The average molecular weight is 400 g/mol. The van der Waals surface area contributed by atoms with Crippen LogP contribution < -0.4 is 5.73 Å². The number of aromatic nitrogens is 3. The smallest absolute Gasteiger partial charge is 0.266 e. The van der Waals surface area contributed by atoms with Crippen molar-refractivity contribution in [2.45, 2.75) is 32.2 Å². The zero-order valence-corrected chi connectivity index (χ0v) is 17.3. The summed E-state index contributed by atoms with van der Waals surface area (Å²) in [5, 5.41) is 0. The molecule has 0 bridgehead atoms. The second kappa shape index (κ2) is 7.67. The topological polar surface area (TPSA) is 97.4 Å². The highest BCUT2D eigenvalue weighted by molar-refractivity contribution is 6.09. The lowest BCUT2D eigenvalue weighted by atomic mass is 9.81. The molecule has 0 saturated carbocycles. The Bertz CT molecular complexity index is 1110. The number of amides is 1. The maximum absolute atomic E-state index is 13.6. The van der Waals surface area contributed by atoms with Crippen LogP contribution in [0.4, 0.5) is 0 Å². The Labute approximate surface area is 175 Å². The van der Waals surface area contributed by atoms with Gasteiger partial charge in [0, 0.05) is 36.4 Å². The summed E-state index contributed by atoms with van der Waals surface area (Å²) in [7, 11) is 1.65. The maximum atomic E-state index is 13.6. The minimum atomic E-state index is -1.25. The molecule has 2 aromatic heterocycles. The van der Waals surface area contributed by atoms with Crippen molar-refractivity contribution >= 4 is 11.9 Å². The lowest BCUT2D eigenvalue weighted by Gasteiger charge is -2.27. The van der Waals surface area contributed by atoms with Crippen LogP contribution in [0, 0.1) is 0 Å². The van der Waals surface area contributed by atoms with Crippen LogP contribution in [0.2, 0.25) is 0 Å². The van der Waals surface area contributed by atoms with E-state index in [2.05, 4.69) is 28.8 Å². The van der Waals surface area contributed by atoms with E-state index in [4.69, 9.17) is 10.7 Å². The lowest BCUT2D eigenvalue weighted by molar-refractivity contribution is -0.129. The molecule has 4 rings (SSSR count). The number of pyridine rings is 1. The van der Waals surface area contributed by atoms with Gasteiger partial charge >= 0.3 is 0 Å². The predicted molar refractivity (Wildman–Crippen MR) is 116 cm³/mol. The molecule has 30 heavy (non-hydrogen) atoms. The molecule has 0 spiro atoms. The van der Waals surface area contributed by atoms with E-state index in [1.54, 1.807) is 19.4 Å². The van der Waals surface area contributed by atoms with E-state index in [1.165, 1.54) is 11.2 Å². The summed E-state index contributed by atoms with van der Waals surface area (Å²) in [5.74, 6) is 0.0122. The zero-order chi connectivity index (χ0) is 21.3. The van der Waals surface area contributed by atoms with E-state index >= 15 is 0 Å². The molecule has 1 amide bonds. The highest BCUT2D eigenvalue weighted by Gasteiger charge is 2.49. The fourth-order valence-corrected chi connectivity index (χ4v) is 3.78. The van der Waals surface area contributed by atoms with Gasteiger partial charge in [-0.1, -0.05) is 32.0 Å². The van der Waals surface area contributed by atoms with Crippen LogP contribution in [0.15, 0.2) is 60.1 Å². The third kappa shape index (κ3) is 3.12. The molecule has 0 aliphatic carbocycles. The van der Waals surface area contributed by atoms with Gasteiger partial charge in [-0.05, 0) is 47.7 Å². The third-order valence-corrected chi connectivity index (χ3v) is 5.49. The van der Waals surface area contributed by atoms with Crippen LogP contribution in [0.5, 0.6) is 0 Å². The number of guanidine groups is 1. The van der Waals surface area contributed by atoms with Gasteiger partial charge in [-0.25, -0.2) is 15.0 Å². The van der Waals surface area contributed by atoms with Gasteiger partial charge in [-0.15, -0.1) is 0 Å². The van der Waals surface area contributed by atoms with Gasteiger partial charge in [0.05, 0.1) is 0 Å². The maximum Gasteiger partial charge on any atom is 0.266 e. The summed E-state index contributed by atoms with van der Waals surface area (Å²) >= 11 is 0. The molecule has 1 aromatic carbocycles. The first kappa shape index (κ1) is 19.7. The number of likely N-dealkylation sites (N-methyl/N-ethyl adjacent to an activating group) is 1. The second-order valence-electron chi connectivity index (χ2n) is 7.30. The number of nitrogens with zero attached hydrogens (tertiary/aromatic N) is 5. The Morgan fingerprint density at radius 3 is 2.20 bits per heavy atom. The van der Waals surface area contributed by atoms with E-state index in [1.807, 2.05) is 36.4 Å². The molecular weight excluding hydrogens is 376 g/mol. The van der Waals surface area contributed by atoms with Gasteiger partial charge in [-0.2, -0.15) is 0 Å². The van der Waals surface area contributed by atoms with Crippen LogP contribution >= 0.6 is 0 Å². The summed E-state index contributed by atoms with van der Waals surface area (Å²) < 4.78 is 0. The summed E-state index contributed by atoms with van der Waals surface area (Å²) in [6.07, 6.45) is 6.51. The molecule has 7 heteroatoms. The van der Waals surface area contributed by atoms with Crippen molar-refractivity contribution in [2.75, 3.05) is 7.05 Å². The molecule has 3 aromatic rings. The van der Waals surface area contributed by atoms with Crippen molar-refractivity contribution in [3.8, 4) is 11.1 Å². The van der Waals surface area contributed by atoms with Gasteiger partial charge in [0.1, 0.15) is 6.33 Å². The molecule has 0 radical (unpaired) electrons. The molecule has 152 valence electrons. The highest BCUT2D eigenvalue weighted by atomic mass is 16.2. The standard InChI is InChI=1S/C23H24N6O/c1-4-19-10-18(11-20(5-2)27-19)23(21(30)29(3)22(24)28-23)17-8-6-7-15(9-17)16-12-25-14-26-13-16/h6-14H,4-5H2,1-3H3,(H2,24,28). The summed E-state index contributed by atoms with van der Waals surface area (Å²) in [6, 6.07) is 11.7. The van der Waals surface area contributed by atoms with E-state index in [9.17, 15) is 4.79 Å². The van der Waals surface area contributed by atoms with E-state index in [-0.39, 0.29) is 11.9 Å². The zero-order valence-electron chi connectivity index (χ0n) is 17.3. The Hall–Kier alpha value is -3.61. The SMILES string of the molecule is CCc1cc(C2(c3cccc(-c4cncnc4)c3)N=C(N)N(C)C2=O)cc(CC)n1. The number of aryl methyl sites for hydroxylation is 2. The van der Waals surface area contributed by atoms with Gasteiger partial charge in [-0.3, -0.25) is 14.7 Å². The van der Waals surface area contributed by atoms with Crippen molar-refractivity contribution in [3.05, 3.63) is 77.6 Å². The first-order valence-corrected chi connectivity index (χ1v) is 9.99. The number of carbonyl (C=O) groups excluding carboxylic acids is 1. The van der Waals surface area contributed by atoms with Crippen LogP contribution in [0.25, 0.3) is 11.1 Å². The summed E-state index contributed by atoms with van der Waals surface area (Å²) in [5.41, 5.74) is 10.0. The van der Waals surface area contributed by atoms with Gasteiger partial charge < -0.3 is 5.73 Å². The molecule has 0 saturated heterocycles. The Morgan fingerprint density at radius 1 is 0.967 bits per heavy atom. The molecular formula is C23H24N6O. The predicted octanol–water partition coefficient (Wildman–Crippen LogP) is 2.69. The minimum absolute atomic E-state index is 0.184. The number of carbonyl (C=O) groups is 1. The number of rotatable bonds is 5. The third-order valence-electron chi connectivity index (χ3n) is 5.49. The Kier molecular flexibility index (Phi) is 5.03. The Morgan fingerprint density at radius 2 is 1.63 bits per heavy atom.